The van der Waals surface area contributed by atoms with Crippen molar-refractivity contribution in [1.82, 2.24) is 4.31 Å². The van der Waals surface area contributed by atoms with Gasteiger partial charge in [0.15, 0.2) is 0 Å². The number of fused-ring (bicyclic) bond motifs is 2. The first-order valence-corrected chi connectivity index (χ1v) is 11.4. The highest BCUT2D eigenvalue weighted by Crippen LogP contribution is 2.55. The van der Waals surface area contributed by atoms with Crippen LogP contribution in [0.1, 0.15) is 59.8 Å². The Hall–Kier alpha value is -1.13. The van der Waals surface area contributed by atoms with Crippen molar-refractivity contribution in [2.24, 2.45) is 10.8 Å². The number of alkyl halides is 3. The van der Waals surface area contributed by atoms with E-state index in [1.807, 2.05) is 20.8 Å². The summed E-state index contributed by atoms with van der Waals surface area (Å²) in [5.74, 6) is -0.609. The molecular formula is C19H28F3NO5S. The van der Waals surface area contributed by atoms with Crippen LogP contribution in [0.3, 0.4) is 0 Å². The van der Waals surface area contributed by atoms with Gasteiger partial charge in [0.1, 0.15) is 12.3 Å². The van der Waals surface area contributed by atoms with Gasteiger partial charge in [0.05, 0.1) is 11.5 Å². The lowest BCUT2D eigenvalue weighted by Crippen LogP contribution is -2.63. The van der Waals surface area contributed by atoms with Gasteiger partial charge in [-0.1, -0.05) is 40.0 Å². The Morgan fingerprint density at radius 3 is 2.28 bits per heavy atom. The maximum atomic E-state index is 13.6. The van der Waals surface area contributed by atoms with E-state index in [2.05, 4.69) is 0 Å². The van der Waals surface area contributed by atoms with Crippen LogP contribution in [0.15, 0.2) is 11.6 Å². The first-order valence-electron chi connectivity index (χ1n) is 9.92. The van der Waals surface area contributed by atoms with Gasteiger partial charge in [-0.2, -0.15) is 17.5 Å². The minimum absolute atomic E-state index is 0.0155. The summed E-state index contributed by atoms with van der Waals surface area (Å²) in [5.41, 5.74) is -6.76. The molecule has 2 heterocycles. The molecule has 2 aliphatic heterocycles. The molecule has 166 valence electrons. The summed E-state index contributed by atoms with van der Waals surface area (Å²) in [4.78, 5) is 13.0. The maximum Gasteiger partial charge on any atom is 0.511 e. The van der Waals surface area contributed by atoms with Crippen molar-refractivity contribution in [3.63, 3.8) is 0 Å². The van der Waals surface area contributed by atoms with Gasteiger partial charge >= 0.3 is 21.5 Å². The molecule has 1 aliphatic carbocycles. The summed E-state index contributed by atoms with van der Waals surface area (Å²) in [6, 6.07) is -1.28. The number of halogens is 3. The standard InChI is InChI=1S/C19H28F3NO5S/c1-5-27-13-11-12(17(2,3)4)14-15(23(13)29(25,26)19(20,21)22)18(16(24)28-14)9-7-6-8-10-18/h11,13-15H,5-10H2,1-4H3/t13-,14+,15-/m1/s1. The first kappa shape index (κ1) is 22.6. The molecule has 3 atom stereocenters. The summed E-state index contributed by atoms with van der Waals surface area (Å²) in [7, 11) is -5.76. The maximum absolute atomic E-state index is 13.6. The minimum Gasteiger partial charge on any atom is -0.456 e. The number of hydrogen-bond donors (Lipinski definition) is 0. The highest BCUT2D eigenvalue weighted by Gasteiger charge is 2.68. The largest absolute Gasteiger partial charge is 0.511 e. The number of sulfonamides is 1. The average Bonchev–Trinajstić information content (AvgIpc) is 2.85. The van der Waals surface area contributed by atoms with Gasteiger partial charge < -0.3 is 9.47 Å². The SMILES string of the molecule is CCO[C@@H]1C=C(C(C)(C)C)[C@@H]2OC(=O)C3(CCCCC3)[C@@H]2N1S(=O)(=O)C(F)(F)F. The lowest BCUT2D eigenvalue weighted by Gasteiger charge is -2.47. The molecule has 0 unspecified atom stereocenters. The fourth-order valence-electron chi connectivity index (χ4n) is 4.86. The van der Waals surface area contributed by atoms with Crippen molar-refractivity contribution in [1.29, 1.82) is 0 Å². The van der Waals surface area contributed by atoms with E-state index in [0.717, 1.165) is 6.42 Å². The van der Waals surface area contributed by atoms with Crippen molar-refractivity contribution in [2.75, 3.05) is 6.61 Å². The van der Waals surface area contributed by atoms with Gasteiger partial charge in [-0.05, 0) is 36.8 Å². The zero-order valence-electron chi connectivity index (χ0n) is 17.1. The van der Waals surface area contributed by atoms with Gasteiger partial charge in [0, 0.05) is 6.61 Å². The molecule has 0 N–H and O–H groups in total. The first-order chi connectivity index (χ1) is 13.3. The Morgan fingerprint density at radius 1 is 1.21 bits per heavy atom. The highest BCUT2D eigenvalue weighted by atomic mass is 32.2. The number of rotatable bonds is 3. The number of esters is 1. The third kappa shape index (κ3) is 3.50. The molecule has 0 aromatic heterocycles. The molecule has 0 bridgehead atoms. The third-order valence-electron chi connectivity index (χ3n) is 6.17. The van der Waals surface area contributed by atoms with Crippen LogP contribution in [0.2, 0.25) is 0 Å². The summed E-state index contributed by atoms with van der Waals surface area (Å²) >= 11 is 0. The zero-order chi connectivity index (χ0) is 21.8. The fraction of sp³-hybridized carbons (Fsp3) is 0.842. The Balaban J connectivity index is 2.26. The normalized spacial score (nSPS) is 30.8. The molecule has 2 fully saturated rings. The highest BCUT2D eigenvalue weighted by molar-refractivity contribution is 7.90. The van der Waals surface area contributed by atoms with E-state index in [1.54, 1.807) is 6.92 Å². The van der Waals surface area contributed by atoms with Crippen LogP contribution in [-0.2, 0) is 24.3 Å². The predicted octanol–water partition coefficient (Wildman–Crippen LogP) is 3.73. The molecule has 0 radical (unpaired) electrons. The summed E-state index contributed by atoms with van der Waals surface area (Å²) in [6.45, 7) is 7.16. The predicted molar refractivity (Wildman–Crippen MR) is 99.0 cm³/mol. The second kappa shape index (κ2) is 7.23. The molecule has 29 heavy (non-hydrogen) atoms. The molecule has 1 saturated heterocycles. The second-order valence-electron chi connectivity index (χ2n) is 8.99. The van der Waals surface area contributed by atoms with E-state index in [0.29, 0.717) is 35.6 Å². The lowest BCUT2D eigenvalue weighted by molar-refractivity contribution is -0.149. The lowest BCUT2D eigenvalue weighted by atomic mass is 9.66. The molecule has 3 aliphatic rings. The minimum atomic E-state index is -5.76. The molecule has 0 aromatic carbocycles. The Bertz CT molecular complexity index is 794. The van der Waals surface area contributed by atoms with Crippen molar-refractivity contribution >= 4 is 16.0 Å². The van der Waals surface area contributed by atoms with E-state index in [9.17, 15) is 26.4 Å². The third-order valence-corrected chi connectivity index (χ3v) is 7.74. The number of carbonyl (C=O) groups is 1. The molecule has 0 aromatic rings. The number of nitrogens with zero attached hydrogens (tertiary/aromatic N) is 1. The van der Waals surface area contributed by atoms with Crippen molar-refractivity contribution < 1.29 is 35.9 Å². The summed E-state index contributed by atoms with van der Waals surface area (Å²) in [5, 5.41) is 0. The fourth-order valence-corrected chi connectivity index (χ4v) is 6.10. The van der Waals surface area contributed by atoms with Crippen LogP contribution >= 0.6 is 0 Å². The molecule has 6 nitrogen and oxygen atoms in total. The van der Waals surface area contributed by atoms with Gasteiger partial charge in [-0.3, -0.25) is 4.79 Å². The van der Waals surface area contributed by atoms with Gasteiger partial charge in [-0.15, -0.1) is 0 Å². The van der Waals surface area contributed by atoms with E-state index in [4.69, 9.17) is 9.47 Å². The summed E-state index contributed by atoms with van der Waals surface area (Å²) in [6.07, 6.45) is 1.57. The number of ether oxygens (including phenoxy) is 2. The van der Waals surface area contributed by atoms with Crippen LogP contribution in [0, 0.1) is 10.8 Å². The van der Waals surface area contributed by atoms with E-state index in [-0.39, 0.29) is 6.61 Å². The van der Waals surface area contributed by atoms with Crippen LogP contribution in [-0.4, -0.2) is 49.2 Å². The number of carbonyl (C=O) groups excluding carboxylic acids is 1. The van der Waals surface area contributed by atoms with Crippen LogP contribution in [0.25, 0.3) is 0 Å². The van der Waals surface area contributed by atoms with Crippen molar-refractivity contribution in [3.8, 4) is 0 Å². The van der Waals surface area contributed by atoms with E-state index in [1.165, 1.54) is 6.08 Å². The van der Waals surface area contributed by atoms with Gasteiger partial charge in [0.25, 0.3) is 0 Å². The van der Waals surface area contributed by atoms with Crippen molar-refractivity contribution in [3.05, 3.63) is 11.6 Å². The molecule has 0 amide bonds. The monoisotopic (exact) mass is 439 g/mol. The Kier molecular flexibility index (Phi) is 5.62. The smallest absolute Gasteiger partial charge is 0.456 e. The molecule has 3 rings (SSSR count). The topological polar surface area (TPSA) is 72.9 Å². The molecule has 1 saturated carbocycles. The Labute approximate surface area is 169 Å². The quantitative estimate of drug-likeness (QED) is 0.495. The van der Waals surface area contributed by atoms with Crippen LogP contribution < -0.4 is 0 Å². The van der Waals surface area contributed by atoms with Crippen LogP contribution in [0.5, 0.6) is 0 Å². The average molecular weight is 439 g/mol. The van der Waals surface area contributed by atoms with Crippen LogP contribution in [0.4, 0.5) is 13.2 Å². The van der Waals surface area contributed by atoms with E-state index < -0.39 is 50.7 Å². The Morgan fingerprint density at radius 2 is 1.79 bits per heavy atom. The summed E-state index contributed by atoms with van der Waals surface area (Å²) < 4.78 is 77.7. The van der Waals surface area contributed by atoms with E-state index >= 15 is 0 Å². The molecular weight excluding hydrogens is 411 g/mol. The molecule has 1 spiro atoms. The second-order valence-corrected chi connectivity index (χ2v) is 10.8. The van der Waals surface area contributed by atoms with Gasteiger partial charge in [-0.25, -0.2) is 8.42 Å². The zero-order valence-corrected chi connectivity index (χ0v) is 17.9. The van der Waals surface area contributed by atoms with Gasteiger partial charge in [0.2, 0.25) is 0 Å². The van der Waals surface area contributed by atoms with Crippen molar-refractivity contribution in [2.45, 2.75) is 83.7 Å². The number of hydrogen-bond acceptors (Lipinski definition) is 5. The molecule has 10 heteroatoms.